The summed E-state index contributed by atoms with van der Waals surface area (Å²) >= 11 is 0. The zero-order valence-electron chi connectivity index (χ0n) is 7.91. The van der Waals surface area contributed by atoms with Crippen LogP contribution in [0.3, 0.4) is 0 Å². The predicted octanol–water partition coefficient (Wildman–Crippen LogP) is 1.39. The molecule has 1 aromatic rings. The van der Waals surface area contributed by atoms with E-state index in [-0.39, 0.29) is 6.04 Å². The predicted molar refractivity (Wildman–Crippen MR) is 50.9 cm³/mol. The van der Waals surface area contributed by atoms with Crippen LogP contribution in [0.4, 0.5) is 0 Å². The normalized spacial score (nSPS) is 12.1. The Morgan fingerprint density at radius 1 is 1.69 bits per heavy atom. The molecule has 0 saturated heterocycles. The molecule has 1 aromatic heterocycles. The van der Waals surface area contributed by atoms with Crippen LogP contribution < -0.4 is 5.32 Å². The largest absolute Gasteiger partial charge is 0.298 e. The van der Waals surface area contributed by atoms with Gasteiger partial charge in [-0.05, 0) is 31.0 Å². The van der Waals surface area contributed by atoms with Gasteiger partial charge in [0, 0.05) is 18.9 Å². The Morgan fingerprint density at radius 2 is 2.46 bits per heavy atom. The first kappa shape index (κ1) is 9.69. The summed E-state index contributed by atoms with van der Waals surface area (Å²) in [4.78, 5) is 4.00. The minimum atomic E-state index is -0.104. The highest BCUT2D eigenvalue weighted by atomic mass is 14.9. The van der Waals surface area contributed by atoms with E-state index in [2.05, 4.69) is 16.4 Å². The summed E-state index contributed by atoms with van der Waals surface area (Å²) in [6, 6.07) is 3.99. The van der Waals surface area contributed by atoms with Gasteiger partial charge in [-0.15, -0.1) is 0 Å². The molecule has 13 heavy (non-hydrogen) atoms. The maximum absolute atomic E-state index is 8.56. The average Bonchev–Trinajstić information content (AvgIpc) is 2.16. The average molecular weight is 175 g/mol. The zero-order chi connectivity index (χ0) is 9.68. The van der Waals surface area contributed by atoms with Crippen molar-refractivity contribution in [2.75, 3.05) is 0 Å². The first-order chi connectivity index (χ1) is 6.24. The Bertz CT molecular complexity index is 314. The highest BCUT2D eigenvalue weighted by Gasteiger charge is 2.00. The van der Waals surface area contributed by atoms with Gasteiger partial charge < -0.3 is 0 Å². The van der Waals surface area contributed by atoms with Crippen molar-refractivity contribution in [1.29, 1.82) is 5.26 Å². The molecule has 3 heteroatoms. The maximum Gasteiger partial charge on any atom is 0.0927 e. The van der Waals surface area contributed by atoms with Crippen molar-refractivity contribution >= 4 is 0 Å². The fourth-order valence-electron chi connectivity index (χ4n) is 1.01. The van der Waals surface area contributed by atoms with Crippen LogP contribution in [0, 0.1) is 18.3 Å². The molecule has 0 saturated carbocycles. The van der Waals surface area contributed by atoms with Gasteiger partial charge in [0.05, 0.1) is 12.1 Å². The zero-order valence-corrected chi connectivity index (χ0v) is 7.91. The van der Waals surface area contributed by atoms with Crippen LogP contribution in [0.15, 0.2) is 18.5 Å². The van der Waals surface area contributed by atoms with E-state index in [1.807, 2.05) is 26.1 Å². The van der Waals surface area contributed by atoms with Crippen molar-refractivity contribution in [2.24, 2.45) is 0 Å². The van der Waals surface area contributed by atoms with E-state index in [0.29, 0.717) is 0 Å². The molecule has 0 aliphatic heterocycles. The fourth-order valence-corrected chi connectivity index (χ4v) is 1.01. The molecule has 1 atom stereocenters. The number of pyridine rings is 1. The molecular weight excluding hydrogens is 162 g/mol. The number of nitrogens with zero attached hydrogens (tertiary/aromatic N) is 2. The molecule has 1 unspecified atom stereocenters. The molecule has 1 rings (SSSR count). The minimum Gasteiger partial charge on any atom is -0.298 e. The lowest BCUT2D eigenvalue weighted by molar-refractivity contribution is 0.640. The summed E-state index contributed by atoms with van der Waals surface area (Å²) in [6.45, 7) is 4.58. The third-order valence-electron chi connectivity index (χ3n) is 1.93. The lowest BCUT2D eigenvalue weighted by atomic mass is 10.1. The second-order valence-electron chi connectivity index (χ2n) is 3.03. The molecule has 0 radical (unpaired) electrons. The summed E-state index contributed by atoms with van der Waals surface area (Å²) in [5.41, 5.74) is 2.34. The van der Waals surface area contributed by atoms with E-state index in [1.54, 1.807) is 6.20 Å². The van der Waals surface area contributed by atoms with Gasteiger partial charge in [-0.25, -0.2) is 0 Å². The first-order valence-electron chi connectivity index (χ1n) is 4.26. The van der Waals surface area contributed by atoms with Gasteiger partial charge in [0.1, 0.15) is 0 Å². The van der Waals surface area contributed by atoms with Crippen molar-refractivity contribution in [1.82, 2.24) is 10.3 Å². The molecule has 0 fully saturated rings. The molecule has 1 heterocycles. The minimum absolute atomic E-state index is 0.104. The van der Waals surface area contributed by atoms with Gasteiger partial charge in [-0.1, -0.05) is 0 Å². The topological polar surface area (TPSA) is 48.7 Å². The highest BCUT2D eigenvalue weighted by molar-refractivity contribution is 5.21. The van der Waals surface area contributed by atoms with Gasteiger partial charge in [0.2, 0.25) is 0 Å². The van der Waals surface area contributed by atoms with Crippen molar-refractivity contribution < 1.29 is 0 Å². The van der Waals surface area contributed by atoms with E-state index >= 15 is 0 Å². The SMILES string of the molecule is Cc1cnccc1CNC(C)C#N. The summed E-state index contributed by atoms with van der Waals surface area (Å²) in [5, 5.41) is 11.7. The van der Waals surface area contributed by atoms with Crippen LogP contribution in [-0.2, 0) is 6.54 Å². The van der Waals surface area contributed by atoms with Gasteiger partial charge in [0.15, 0.2) is 0 Å². The Morgan fingerprint density at radius 3 is 3.08 bits per heavy atom. The number of nitrogens with one attached hydrogen (secondary N) is 1. The number of nitriles is 1. The van der Waals surface area contributed by atoms with Crippen molar-refractivity contribution in [2.45, 2.75) is 26.4 Å². The quantitative estimate of drug-likeness (QED) is 0.755. The van der Waals surface area contributed by atoms with Crippen LogP contribution in [0.2, 0.25) is 0 Å². The van der Waals surface area contributed by atoms with Crippen LogP contribution in [0.5, 0.6) is 0 Å². The number of hydrogen-bond donors (Lipinski definition) is 1. The summed E-state index contributed by atoms with van der Waals surface area (Å²) in [6.07, 6.45) is 3.59. The van der Waals surface area contributed by atoms with E-state index in [4.69, 9.17) is 5.26 Å². The molecule has 1 N–H and O–H groups in total. The lowest BCUT2D eigenvalue weighted by Gasteiger charge is -2.07. The molecule has 0 aliphatic rings. The maximum atomic E-state index is 8.56. The van der Waals surface area contributed by atoms with E-state index < -0.39 is 0 Å². The number of rotatable bonds is 3. The van der Waals surface area contributed by atoms with Crippen molar-refractivity contribution in [3.63, 3.8) is 0 Å². The van der Waals surface area contributed by atoms with Gasteiger partial charge >= 0.3 is 0 Å². The molecule has 0 bridgehead atoms. The third kappa shape index (κ3) is 2.85. The molecule has 0 aliphatic carbocycles. The Balaban J connectivity index is 2.56. The molecule has 3 nitrogen and oxygen atoms in total. The second kappa shape index (κ2) is 4.58. The van der Waals surface area contributed by atoms with Crippen LogP contribution in [0.1, 0.15) is 18.1 Å². The van der Waals surface area contributed by atoms with E-state index in [1.165, 1.54) is 5.56 Å². The first-order valence-corrected chi connectivity index (χ1v) is 4.26. The van der Waals surface area contributed by atoms with Gasteiger partial charge in [0.25, 0.3) is 0 Å². The van der Waals surface area contributed by atoms with Crippen LogP contribution in [0.25, 0.3) is 0 Å². The van der Waals surface area contributed by atoms with Crippen molar-refractivity contribution in [3.8, 4) is 6.07 Å². The van der Waals surface area contributed by atoms with Gasteiger partial charge in [-0.3, -0.25) is 10.3 Å². The molecule has 0 aromatic carbocycles. The Hall–Kier alpha value is -1.40. The van der Waals surface area contributed by atoms with Gasteiger partial charge in [-0.2, -0.15) is 5.26 Å². The smallest absolute Gasteiger partial charge is 0.0927 e. The van der Waals surface area contributed by atoms with E-state index in [0.717, 1.165) is 12.1 Å². The highest BCUT2D eigenvalue weighted by Crippen LogP contribution is 2.04. The number of aromatic nitrogens is 1. The van der Waals surface area contributed by atoms with E-state index in [9.17, 15) is 0 Å². The molecule has 0 spiro atoms. The molecule has 68 valence electrons. The summed E-state index contributed by atoms with van der Waals surface area (Å²) in [5.74, 6) is 0. The van der Waals surface area contributed by atoms with Crippen LogP contribution in [-0.4, -0.2) is 11.0 Å². The van der Waals surface area contributed by atoms with Crippen LogP contribution >= 0.6 is 0 Å². The fraction of sp³-hybridized carbons (Fsp3) is 0.400. The van der Waals surface area contributed by atoms with Crippen molar-refractivity contribution in [3.05, 3.63) is 29.6 Å². The number of aryl methyl sites for hydroxylation is 1. The number of hydrogen-bond acceptors (Lipinski definition) is 3. The molecule has 0 amide bonds. The summed E-state index contributed by atoms with van der Waals surface area (Å²) in [7, 11) is 0. The standard InChI is InChI=1S/C10H13N3/c1-8-6-12-4-3-10(8)7-13-9(2)5-11/h3-4,6,9,13H,7H2,1-2H3. The Kier molecular flexibility index (Phi) is 3.41. The monoisotopic (exact) mass is 175 g/mol. The summed E-state index contributed by atoms with van der Waals surface area (Å²) < 4.78 is 0. The second-order valence-corrected chi connectivity index (χ2v) is 3.03. The Labute approximate surface area is 78.4 Å². The third-order valence-corrected chi connectivity index (χ3v) is 1.93. The molecular formula is C10H13N3. The lowest BCUT2D eigenvalue weighted by Crippen LogP contribution is -2.23.